The molecule has 0 fully saturated rings. The van der Waals surface area contributed by atoms with E-state index in [4.69, 9.17) is 10.2 Å². The summed E-state index contributed by atoms with van der Waals surface area (Å²) in [6, 6.07) is 0. The zero-order valence-corrected chi connectivity index (χ0v) is 7.99. The predicted molar refractivity (Wildman–Crippen MR) is 44.8 cm³/mol. The molecular weight excluding hydrogens is 199 g/mol. The van der Waals surface area contributed by atoms with E-state index in [2.05, 4.69) is 20.7 Å². The lowest BCUT2D eigenvalue weighted by molar-refractivity contribution is -0.143. The molecule has 0 heterocycles. The Bertz CT molecular complexity index is 182. The molecule has 0 spiro atoms. The Balaban J connectivity index is 3.53. The second-order valence-electron chi connectivity index (χ2n) is 1.92. The van der Waals surface area contributed by atoms with Crippen LogP contribution >= 0.6 is 8.38 Å². The SMILES string of the molecule is C=C(OC)C(=O)OCCP(O)OO. The highest BCUT2D eigenvalue weighted by Gasteiger charge is 2.10. The van der Waals surface area contributed by atoms with Crippen molar-refractivity contribution in [3.05, 3.63) is 12.3 Å². The van der Waals surface area contributed by atoms with E-state index in [9.17, 15) is 4.79 Å². The third-order valence-electron chi connectivity index (χ3n) is 1.08. The first-order chi connectivity index (χ1) is 6.11. The topological polar surface area (TPSA) is 85.2 Å². The fourth-order valence-corrected chi connectivity index (χ4v) is 0.750. The highest BCUT2D eigenvalue weighted by Crippen LogP contribution is 2.28. The molecule has 13 heavy (non-hydrogen) atoms. The van der Waals surface area contributed by atoms with Crippen LogP contribution in [-0.4, -0.2) is 36.0 Å². The molecule has 2 N–H and O–H groups in total. The van der Waals surface area contributed by atoms with Gasteiger partial charge in [-0.2, -0.15) is 4.67 Å². The highest BCUT2D eigenvalue weighted by molar-refractivity contribution is 7.46. The summed E-state index contributed by atoms with van der Waals surface area (Å²) in [6.45, 7) is 3.19. The summed E-state index contributed by atoms with van der Waals surface area (Å²) in [5.41, 5.74) is 0. The quantitative estimate of drug-likeness (QED) is 0.166. The van der Waals surface area contributed by atoms with E-state index >= 15 is 0 Å². The molecule has 1 unspecified atom stereocenters. The van der Waals surface area contributed by atoms with Crippen LogP contribution in [0.1, 0.15) is 0 Å². The Morgan fingerprint density at radius 2 is 2.23 bits per heavy atom. The first kappa shape index (κ1) is 12.3. The second kappa shape index (κ2) is 6.80. The Kier molecular flexibility index (Phi) is 6.44. The minimum atomic E-state index is -1.92. The molecule has 0 aromatic carbocycles. The predicted octanol–water partition coefficient (Wildman–Crippen LogP) is 0.483. The summed E-state index contributed by atoms with van der Waals surface area (Å²) in [5.74, 6) is -0.823. The van der Waals surface area contributed by atoms with Gasteiger partial charge in [0.15, 0.2) is 5.76 Å². The average molecular weight is 210 g/mol. The molecule has 1 atom stereocenters. The highest BCUT2D eigenvalue weighted by atomic mass is 31.2. The molecule has 0 saturated carbocycles. The minimum Gasteiger partial charge on any atom is -0.490 e. The summed E-state index contributed by atoms with van der Waals surface area (Å²) in [7, 11) is -0.634. The second-order valence-corrected chi connectivity index (χ2v) is 3.24. The lowest BCUT2D eigenvalue weighted by Crippen LogP contribution is -2.11. The maximum absolute atomic E-state index is 10.8. The van der Waals surface area contributed by atoms with E-state index < -0.39 is 14.3 Å². The Labute approximate surface area is 76.6 Å². The van der Waals surface area contributed by atoms with Crippen LogP contribution in [0.5, 0.6) is 0 Å². The molecule has 0 amide bonds. The molecular formula is C6H11O6P. The Hall–Kier alpha value is -0.680. The van der Waals surface area contributed by atoms with Gasteiger partial charge in [0.05, 0.1) is 13.3 Å². The molecule has 0 aromatic heterocycles. The molecule has 7 heteroatoms. The summed E-state index contributed by atoms with van der Waals surface area (Å²) in [4.78, 5) is 19.5. The number of rotatable bonds is 6. The monoisotopic (exact) mass is 210 g/mol. The van der Waals surface area contributed by atoms with Crippen LogP contribution in [-0.2, 0) is 18.9 Å². The van der Waals surface area contributed by atoms with Crippen molar-refractivity contribution < 1.29 is 29.1 Å². The maximum Gasteiger partial charge on any atom is 0.372 e. The van der Waals surface area contributed by atoms with Crippen molar-refractivity contribution in [3.8, 4) is 0 Å². The lowest BCUT2D eigenvalue weighted by Gasteiger charge is -2.07. The number of hydrogen-bond donors (Lipinski definition) is 2. The first-order valence-corrected chi connectivity index (χ1v) is 4.69. The third-order valence-corrected chi connectivity index (χ3v) is 1.84. The lowest BCUT2D eigenvalue weighted by atomic mass is 10.6. The summed E-state index contributed by atoms with van der Waals surface area (Å²) >= 11 is 0. The standard InChI is InChI=1S/C6H11O6P/c1-5(10-2)6(7)11-3-4-13(9)12-8/h8-9H,1,3-4H2,2H3. The Morgan fingerprint density at radius 3 is 2.69 bits per heavy atom. The molecule has 76 valence electrons. The molecule has 0 aliphatic rings. The van der Waals surface area contributed by atoms with Crippen LogP contribution in [0.3, 0.4) is 0 Å². The summed E-state index contributed by atoms with van der Waals surface area (Å²) in [5, 5.41) is 7.95. The molecule has 0 saturated heterocycles. The van der Waals surface area contributed by atoms with Gasteiger partial charge in [0.1, 0.15) is 6.61 Å². The van der Waals surface area contributed by atoms with Crippen LogP contribution in [0, 0.1) is 0 Å². The molecule has 0 bridgehead atoms. The molecule has 0 aromatic rings. The molecule has 0 radical (unpaired) electrons. The Morgan fingerprint density at radius 1 is 1.62 bits per heavy atom. The summed E-state index contributed by atoms with van der Waals surface area (Å²) in [6.07, 6.45) is 0.0363. The van der Waals surface area contributed by atoms with Gasteiger partial charge in [-0.05, 0) is 6.58 Å². The largest absolute Gasteiger partial charge is 0.490 e. The van der Waals surface area contributed by atoms with Crippen LogP contribution in [0.2, 0.25) is 0 Å². The van der Waals surface area contributed by atoms with E-state index in [1.807, 2.05) is 0 Å². The van der Waals surface area contributed by atoms with Gasteiger partial charge in [-0.1, -0.05) is 0 Å². The van der Waals surface area contributed by atoms with Gasteiger partial charge in [0, 0.05) is 0 Å². The van der Waals surface area contributed by atoms with E-state index in [0.29, 0.717) is 0 Å². The van der Waals surface area contributed by atoms with E-state index in [0.717, 1.165) is 0 Å². The van der Waals surface area contributed by atoms with Crippen LogP contribution in [0.25, 0.3) is 0 Å². The van der Waals surface area contributed by atoms with E-state index in [1.165, 1.54) is 7.11 Å². The van der Waals surface area contributed by atoms with Gasteiger partial charge in [0.25, 0.3) is 0 Å². The molecule has 0 aliphatic carbocycles. The fraction of sp³-hybridized carbons (Fsp3) is 0.500. The number of ether oxygens (including phenoxy) is 2. The fourth-order valence-electron chi connectivity index (χ4n) is 0.421. The van der Waals surface area contributed by atoms with Gasteiger partial charge in [-0.15, -0.1) is 0 Å². The van der Waals surface area contributed by atoms with Gasteiger partial charge >= 0.3 is 5.97 Å². The zero-order chi connectivity index (χ0) is 10.3. The zero-order valence-electron chi connectivity index (χ0n) is 7.10. The van der Waals surface area contributed by atoms with Gasteiger partial charge in [0.2, 0.25) is 8.38 Å². The molecule has 6 nitrogen and oxygen atoms in total. The summed E-state index contributed by atoms with van der Waals surface area (Å²) < 4.78 is 12.7. The van der Waals surface area contributed by atoms with Crippen LogP contribution < -0.4 is 0 Å². The number of carbonyl (C=O) groups excluding carboxylic acids is 1. The third kappa shape index (κ3) is 5.54. The normalized spacial score (nSPS) is 11.9. The average Bonchev–Trinajstić information content (AvgIpc) is 2.15. The van der Waals surface area contributed by atoms with Crippen molar-refractivity contribution in [2.75, 3.05) is 19.9 Å². The van der Waals surface area contributed by atoms with Gasteiger partial charge in [-0.25, -0.2) is 10.1 Å². The number of hydrogen-bond acceptors (Lipinski definition) is 6. The smallest absolute Gasteiger partial charge is 0.372 e. The molecule has 0 rings (SSSR count). The number of methoxy groups -OCH3 is 1. The first-order valence-electron chi connectivity index (χ1n) is 3.29. The van der Waals surface area contributed by atoms with Crippen molar-refractivity contribution in [1.82, 2.24) is 0 Å². The van der Waals surface area contributed by atoms with Crippen molar-refractivity contribution >= 4 is 14.3 Å². The van der Waals surface area contributed by atoms with Crippen molar-refractivity contribution in [2.24, 2.45) is 0 Å². The minimum absolute atomic E-state index is 0.0363. The van der Waals surface area contributed by atoms with Crippen LogP contribution in [0.4, 0.5) is 0 Å². The van der Waals surface area contributed by atoms with E-state index in [1.54, 1.807) is 0 Å². The van der Waals surface area contributed by atoms with E-state index in [-0.39, 0.29) is 18.5 Å². The van der Waals surface area contributed by atoms with Gasteiger partial charge in [-0.3, -0.25) is 0 Å². The van der Waals surface area contributed by atoms with Crippen molar-refractivity contribution in [3.63, 3.8) is 0 Å². The van der Waals surface area contributed by atoms with Gasteiger partial charge < -0.3 is 14.4 Å². The van der Waals surface area contributed by atoms with Crippen LogP contribution in [0.15, 0.2) is 12.3 Å². The maximum atomic E-state index is 10.8. The number of carbonyl (C=O) groups is 1. The number of esters is 1. The van der Waals surface area contributed by atoms with Crippen molar-refractivity contribution in [2.45, 2.75) is 0 Å². The molecule has 0 aliphatic heterocycles. The van der Waals surface area contributed by atoms with Crippen molar-refractivity contribution in [1.29, 1.82) is 0 Å².